The lowest BCUT2D eigenvalue weighted by Crippen LogP contribution is -2.44. The monoisotopic (exact) mass is 521 g/mol. The molecule has 0 unspecified atom stereocenters. The third-order valence-electron chi connectivity index (χ3n) is 6.93. The Labute approximate surface area is 220 Å². The van der Waals surface area contributed by atoms with Crippen LogP contribution in [0.25, 0.3) is 0 Å². The second-order valence-electron chi connectivity index (χ2n) is 9.70. The third-order valence-corrected chi connectivity index (χ3v) is 6.93. The molecule has 0 spiro atoms. The predicted molar refractivity (Wildman–Crippen MR) is 144 cm³/mol. The molecule has 1 fully saturated rings. The van der Waals surface area contributed by atoms with Crippen LogP contribution in [0.5, 0.6) is 0 Å². The number of benzene rings is 3. The number of rotatable bonds is 7. The Hall–Kier alpha value is -3.85. The van der Waals surface area contributed by atoms with Crippen LogP contribution in [0.3, 0.4) is 0 Å². The number of nitrogens with zero attached hydrogens (tertiary/aromatic N) is 3. The highest BCUT2D eigenvalue weighted by Gasteiger charge is 2.22. The molecular formula is C29H30F3N5O. The van der Waals surface area contributed by atoms with Gasteiger partial charge in [-0.3, -0.25) is 9.79 Å². The zero-order chi connectivity index (χ0) is 26.6. The number of fused-ring (bicyclic) bond motifs is 1. The number of nitrogens with one attached hydrogen (secondary N) is 2. The lowest BCUT2D eigenvalue weighted by atomic mass is 9.99. The topological polar surface area (TPSA) is 60.0 Å². The molecule has 0 aliphatic carbocycles. The number of alkyl halides is 1. The SMILES string of the molecule is CN1CCN(c2ccc(C(=O)NC3=NCc4ccc(Cc5cc(F)cc(F)c5)cc43)c(NCCF)c2)CC1. The van der Waals surface area contributed by atoms with Gasteiger partial charge in [0.25, 0.3) is 5.91 Å². The first kappa shape index (κ1) is 25.8. The van der Waals surface area contributed by atoms with Crippen LogP contribution in [0, 0.1) is 11.6 Å². The van der Waals surface area contributed by atoms with Crippen molar-refractivity contribution < 1.29 is 18.0 Å². The minimum Gasteiger partial charge on any atom is -0.382 e. The van der Waals surface area contributed by atoms with E-state index in [0.29, 0.717) is 35.6 Å². The van der Waals surface area contributed by atoms with E-state index in [4.69, 9.17) is 0 Å². The number of aliphatic imine (C=N–C) groups is 1. The first-order valence-electron chi connectivity index (χ1n) is 12.7. The summed E-state index contributed by atoms with van der Waals surface area (Å²) in [5, 5.41) is 5.97. The van der Waals surface area contributed by atoms with Gasteiger partial charge in [0.2, 0.25) is 0 Å². The van der Waals surface area contributed by atoms with E-state index < -0.39 is 18.3 Å². The minimum absolute atomic E-state index is 0.0975. The van der Waals surface area contributed by atoms with Crippen molar-refractivity contribution in [3.8, 4) is 0 Å². The number of piperazine rings is 1. The molecule has 0 radical (unpaired) electrons. The molecule has 6 nitrogen and oxygen atoms in total. The van der Waals surface area contributed by atoms with Crippen LogP contribution in [-0.2, 0) is 13.0 Å². The molecule has 2 N–H and O–H groups in total. The second-order valence-corrected chi connectivity index (χ2v) is 9.70. The van der Waals surface area contributed by atoms with E-state index in [2.05, 4.69) is 32.5 Å². The Bertz CT molecular complexity index is 1350. The molecule has 38 heavy (non-hydrogen) atoms. The summed E-state index contributed by atoms with van der Waals surface area (Å²) in [6, 6.07) is 14.8. The summed E-state index contributed by atoms with van der Waals surface area (Å²) in [5.74, 6) is -1.14. The molecule has 3 aromatic carbocycles. The van der Waals surface area contributed by atoms with Crippen LogP contribution in [-0.4, -0.2) is 63.1 Å². The van der Waals surface area contributed by atoms with Gasteiger partial charge in [-0.1, -0.05) is 12.1 Å². The normalized spacial score (nSPS) is 15.3. The van der Waals surface area contributed by atoms with Crippen molar-refractivity contribution in [1.82, 2.24) is 10.2 Å². The van der Waals surface area contributed by atoms with Crippen LogP contribution in [0.4, 0.5) is 24.5 Å². The number of halogens is 3. The Morgan fingerprint density at radius 3 is 2.45 bits per heavy atom. The van der Waals surface area contributed by atoms with Crippen LogP contribution in [0.15, 0.2) is 59.6 Å². The first-order valence-corrected chi connectivity index (χ1v) is 12.7. The summed E-state index contributed by atoms with van der Waals surface area (Å²) in [5.41, 5.74) is 5.05. The number of likely N-dealkylation sites (N-methyl/N-ethyl adjacent to an activating group) is 1. The molecule has 9 heteroatoms. The number of amides is 1. The largest absolute Gasteiger partial charge is 0.382 e. The number of carbonyl (C=O) groups is 1. The lowest BCUT2D eigenvalue weighted by molar-refractivity contribution is 0.0978. The average molecular weight is 522 g/mol. The van der Waals surface area contributed by atoms with Crippen LogP contribution in [0.1, 0.15) is 32.6 Å². The quantitative estimate of drug-likeness (QED) is 0.485. The zero-order valence-electron chi connectivity index (χ0n) is 21.2. The van der Waals surface area contributed by atoms with Gasteiger partial charge in [-0.25, -0.2) is 13.2 Å². The number of hydrogen-bond donors (Lipinski definition) is 2. The molecule has 2 aliphatic rings. The Balaban J connectivity index is 1.34. The first-order chi connectivity index (χ1) is 18.4. The average Bonchev–Trinajstić information content (AvgIpc) is 3.29. The van der Waals surface area contributed by atoms with Crippen molar-refractivity contribution >= 4 is 23.1 Å². The predicted octanol–water partition coefficient (Wildman–Crippen LogP) is 4.38. The van der Waals surface area contributed by atoms with Crippen LogP contribution in [0.2, 0.25) is 0 Å². The molecule has 2 heterocycles. The number of hydrogen-bond acceptors (Lipinski definition) is 5. The van der Waals surface area contributed by atoms with Gasteiger partial charge in [-0.2, -0.15) is 0 Å². The highest BCUT2D eigenvalue weighted by Crippen LogP contribution is 2.26. The fraction of sp³-hybridized carbons (Fsp3) is 0.310. The highest BCUT2D eigenvalue weighted by molar-refractivity contribution is 6.15. The van der Waals surface area contributed by atoms with Gasteiger partial charge in [-0.15, -0.1) is 0 Å². The van der Waals surface area contributed by atoms with Gasteiger partial charge in [0, 0.05) is 55.7 Å². The summed E-state index contributed by atoms with van der Waals surface area (Å²) in [4.78, 5) is 22.4. The summed E-state index contributed by atoms with van der Waals surface area (Å²) in [6.07, 6.45) is 0.342. The lowest BCUT2D eigenvalue weighted by Gasteiger charge is -2.34. The second kappa shape index (κ2) is 11.3. The van der Waals surface area contributed by atoms with E-state index in [1.807, 2.05) is 30.3 Å². The summed E-state index contributed by atoms with van der Waals surface area (Å²) >= 11 is 0. The molecule has 0 aromatic heterocycles. The fourth-order valence-corrected chi connectivity index (χ4v) is 4.89. The standard InChI is InChI=1S/C29H30F3N5O/c1-36-8-10-37(11-9-36)24-4-5-25(27(17-24)33-7-6-30)29(38)35-28-26-15-19(2-3-21(26)18-34-28)12-20-13-22(31)16-23(32)14-20/h2-5,13-17,33H,6-12,18H2,1H3,(H,34,35,38). The van der Waals surface area contributed by atoms with E-state index >= 15 is 0 Å². The molecule has 2 aliphatic heterocycles. The van der Waals surface area contributed by atoms with Crippen molar-refractivity contribution in [2.75, 3.05) is 56.7 Å². The van der Waals surface area contributed by atoms with Crippen molar-refractivity contribution in [3.63, 3.8) is 0 Å². The van der Waals surface area contributed by atoms with Gasteiger partial charge in [0.05, 0.1) is 12.1 Å². The van der Waals surface area contributed by atoms with Gasteiger partial charge >= 0.3 is 0 Å². The molecule has 5 rings (SSSR count). The smallest absolute Gasteiger partial charge is 0.258 e. The van der Waals surface area contributed by atoms with Crippen molar-refractivity contribution in [1.29, 1.82) is 0 Å². The van der Waals surface area contributed by atoms with Gasteiger partial charge < -0.3 is 20.4 Å². The van der Waals surface area contributed by atoms with Crippen molar-refractivity contribution in [3.05, 3.63) is 94.0 Å². The maximum Gasteiger partial charge on any atom is 0.258 e. The third kappa shape index (κ3) is 5.83. The molecule has 0 bridgehead atoms. The van der Waals surface area contributed by atoms with Gasteiger partial charge in [0.1, 0.15) is 24.1 Å². The molecule has 198 valence electrons. The molecular weight excluding hydrogens is 491 g/mol. The van der Waals surface area contributed by atoms with Gasteiger partial charge in [-0.05, 0) is 66.6 Å². The maximum atomic E-state index is 13.6. The number of anilines is 2. The Morgan fingerprint density at radius 2 is 1.71 bits per heavy atom. The Kier molecular flexibility index (Phi) is 7.64. The molecule has 0 saturated carbocycles. The summed E-state index contributed by atoms with van der Waals surface area (Å²) < 4.78 is 40.3. The molecule has 1 saturated heterocycles. The van der Waals surface area contributed by atoms with E-state index in [0.717, 1.165) is 54.6 Å². The van der Waals surface area contributed by atoms with E-state index in [-0.39, 0.29) is 12.5 Å². The summed E-state index contributed by atoms with van der Waals surface area (Å²) in [7, 11) is 2.09. The van der Waals surface area contributed by atoms with Crippen molar-refractivity contribution in [2.24, 2.45) is 4.99 Å². The molecule has 1 amide bonds. The highest BCUT2D eigenvalue weighted by atomic mass is 19.1. The van der Waals surface area contributed by atoms with E-state index in [1.165, 1.54) is 12.1 Å². The molecule has 0 atom stereocenters. The number of carbonyl (C=O) groups excluding carboxylic acids is 1. The zero-order valence-corrected chi connectivity index (χ0v) is 21.2. The van der Waals surface area contributed by atoms with Crippen molar-refractivity contribution in [2.45, 2.75) is 13.0 Å². The Morgan fingerprint density at radius 1 is 0.947 bits per heavy atom. The summed E-state index contributed by atoms with van der Waals surface area (Å²) in [6.45, 7) is 3.62. The van der Waals surface area contributed by atoms with E-state index in [1.54, 1.807) is 6.07 Å². The maximum absolute atomic E-state index is 13.6. The van der Waals surface area contributed by atoms with Gasteiger partial charge in [0.15, 0.2) is 0 Å². The number of amidine groups is 1. The van der Waals surface area contributed by atoms with Crippen LogP contribution >= 0.6 is 0 Å². The molecule has 3 aromatic rings. The minimum atomic E-state index is -0.619. The van der Waals surface area contributed by atoms with Crippen LogP contribution < -0.4 is 15.5 Å². The fourth-order valence-electron chi connectivity index (χ4n) is 4.89. The van der Waals surface area contributed by atoms with E-state index in [9.17, 15) is 18.0 Å².